The van der Waals surface area contributed by atoms with Gasteiger partial charge in [0, 0.05) is 17.1 Å². The van der Waals surface area contributed by atoms with Crippen LogP contribution in [-0.2, 0) is 16.1 Å². The average molecular weight is 554 g/mol. The number of fused-ring (bicyclic) bond motifs is 1. The van der Waals surface area contributed by atoms with Gasteiger partial charge < -0.3 is 29.9 Å². The zero-order valence-corrected chi connectivity index (χ0v) is 20.9. The molecule has 37 heavy (non-hydrogen) atoms. The topological polar surface area (TPSA) is 169 Å². The molecule has 1 aliphatic heterocycles. The number of hydrogen-bond acceptors (Lipinski definition) is 8. The molecular formula is C25H25Cl2NO9. The molecule has 0 spiro atoms. The van der Waals surface area contributed by atoms with Gasteiger partial charge in [0.25, 0.3) is 0 Å². The number of halogens is 2. The van der Waals surface area contributed by atoms with E-state index in [0.29, 0.717) is 44.2 Å². The Balaban J connectivity index is 0.000000325. The van der Waals surface area contributed by atoms with Crippen LogP contribution in [0.15, 0.2) is 45.8 Å². The number of phenols is 1. The minimum Gasteiger partial charge on any atom is -0.507 e. The molecule has 0 bridgehead atoms. The highest BCUT2D eigenvalue weighted by Crippen LogP contribution is 2.32. The van der Waals surface area contributed by atoms with E-state index in [9.17, 15) is 19.5 Å². The second-order valence-electron chi connectivity index (χ2n) is 8.45. The van der Waals surface area contributed by atoms with E-state index in [1.807, 2.05) is 0 Å². The molecule has 1 aromatic heterocycles. The number of aliphatic hydroxyl groups excluding tert-OH is 2. The Labute approximate surface area is 220 Å². The first-order chi connectivity index (χ1) is 17.5. The molecular weight excluding hydrogens is 529 g/mol. The van der Waals surface area contributed by atoms with E-state index in [-0.39, 0.29) is 11.2 Å². The number of carboxylic acids is 2. The highest BCUT2D eigenvalue weighted by Gasteiger charge is 2.29. The summed E-state index contributed by atoms with van der Waals surface area (Å²) in [6.45, 7) is 2.53. The van der Waals surface area contributed by atoms with Crippen LogP contribution in [0.4, 0.5) is 0 Å². The first-order valence-electron chi connectivity index (χ1n) is 11.3. The zero-order valence-electron chi connectivity index (χ0n) is 19.4. The fraction of sp³-hybridized carbons (Fsp3) is 0.320. The average Bonchev–Trinajstić information content (AvgIpc) is 2.86. The Morgan fingerprint density at radius 1 is 0.946 bits per heavy atom. The fourth-order valence-corrected chi connectivity index (χ4v) is 4.42. The molecule has 2 heterocycles. The van der Waals surface area contributed by atoms with Gasteiger partial charge in [0.2, 0.25) is 5.43 Å². The molecule has 3 aromatic rings. The molecule has 0 aliphatic carbocycles. The van der Waals surface area contributed by atoms with Crippen LogP contribution in [0.5, 0.6) is 5.75 Å². The Morgan fingerprint density at radius 3 is 2.14 bits per heavy atom. The monoisotopic (exact) mass is 553 g/mol. The summed E-state index contributed by atoms with van der Waals surface area (Å²) in [6, 6.07) is 8.15. The minimum atomic E-state index is -2.27. The van der Waals surface area contributed by atoms with E-state index >= 15 is 0 Å². The largest absolute Gasteiger partial charge is 0.507 e. The summed E-state index contributed by atoms with van der Waals surface area (Å²) in [5, 5.41) is 44.2. The standard InChI is InChI=1S/C21H19Cl2NO3.C4H6O6/c22-13-4-5-14(18(23)10-13)17-12-27-21-15(20(17)26)6-7-19(25)16(21)11-24-8-2-1-3-9-24;5-1(3(7)8)2(6)4(9)10/h4-7,10,12,25H,1-3,8-9,11H2;1-2,5-6H,(H,7,8)(H,9,10). The lowest BCUT2D eigenvalue weighted by Crippen LogP contribution is -2.39. The van der Waals surface area contributed by atoms with Crippen LogP contribution in [-0.4, -0.2) is 67.7 Å². The van der Waals surface area contributed by atoms with Crippen LogP contribution < -0.4 is 5.43 Å². The van der Waals surface area contributed by atoms with Crippen LogP contribution in [0.25, 0.3) is 22.1 Å². The van der Waals surface area contributed by atoms with Crippen molar-refractivity contribution in [2.75, 3.05) is 13.1 Å². The second-order valence-corrected chi connectivity index (χ2v) is 9.29. The first kappa shape index (κ1) is 28.4. The van der Waals surface area contributed by atoms with Crippen molar-refractivity contribution in [3.8, 4) is 16.9 Å². The van der Waals surface area contributed by atoms with E-state index < -0.39 is 24.1 Å². The summed E-state index contributed by atoms with van der Waals surface area (Å²) in [6.07, 6.45) is 0.413. The second kappa shape index (κ2) is 12.4. The van der Waals surface area contributed by atoms with Crippen molar-refractivity contribution in [2.24, 2.45) is 0 Å². The Bertz CT molecular complexity index is 1330. The molecule has 0 saturated carbocycles. The van der Waals surface area contributed by atoms with Crippen LogP contribution in [0.2, 0.25) is 10.0 Å². The van der Waals surface area contributed by atoms with Crippen molar-refractivity contribution < 1.29 is 39.5 Å². The lowest BCUT2D eigenvalue weighted by molar-refractivity contribution is -0.165. The van der Waals surface area contributed by atoms with Crippen LogP contribution in [0, 0.1) is 0 Å². The number of carboxylic acid groups (broad SMARTS) is 2. The van der Waals surface area contributed by atoms with Gasteiger partial charge in [-0.2, -0.15) is 0 Å². The quantitative estimate of drug-likeness (QED) is 0.305. The molecule has 2 atom stereocenters. The van der Waals surface area contributed by atoms with Gasteiger partial charge in [-0.15, -0.1) is 0 Å². The molecule has 10 nitrogen and oxygen atoms in total. The summed E-state index contributed by atoms with van der Waals surface area (Å²) in [7, 11) is 0. The van der Waals surface area contributed by atoms with Crippen molar-refractivity contribution in [3.05, 3.63) is 62.4 Å². The molecule has 5 N–H and O–H groups in total. The van der Waals surface area contributed by atoms with Crippen molar-refractivity contribution in [3.63, 3.8) is 0 Å². The number of piperidine rings is 1. The molecule has 1 fully saturated rings. The van der Waals surface area contributed by atoms with Gasteiger partial charge in [-0.05, 0) is 50.2 Å². The predicted molar refractivity (Wildman–Crippen MR) is 136 cm³/mol. The van der Waals surface area contributed by atoms with Crippen LogP contribution in [0.3, 0.4) is 0 Å². The van der Waals surface area contributed by atoms with Gasteiger partial charge in [-0.25, -0.2) is 9.59 Å². The van der Waals surface area contributed by atoms with Crippen molar-refractivity contribution in [2.45, 2.75) is 38.0 Å². The van der Waals surface area contributed by atoms with E-state index in [1.165, 1.54) is 12.7 Å². The number of nitrogens with zero attached hydrogens (tertiary/aromatic N) is 1. The number of benzene rings is 2. The van der Waals surface area contributed by atoms with Gasteiger partial charge in [-0.3, -0.25) is 9.69 Å². The van der Waals surface area contributed by atoms with Crippen LogP contribution >= 0.6 is 23.2 Å². The number of carbonyl (C=O) groups is 2. The van der Waals surface area contributed by atoms with E-state index in [4.69, 9.17) is 48.0 Å². The first-order valence-corrected chi connectivity index (χ1v) is 12.0. The van der Waals surface area contributed by atoms with Crippen molar-refractivity contribution >= 4 is 46.1 Å². The highest BCUT2D eigenvalue weighted by molar-refractivity contribution is 6.36. The molecule has 1 saturated heterocycles. The number of rotatable bonds is 6. The number of aromatic hydroxyl groups is 1. The lowest BCUT2D eigenvalue weighted by Gasteiger charge is -2.26. The molecule has 12 heteroatoms. The van der Waals surface area contributed by atoms with E-state index in [0.717, 1.165) is 25.9 Å². The normalized spacial score (nSPS) is 15.5. The Kier molecular flexibility index (Phi) is 9.52. The van der Waals surface area contributed by atoms with Gasteiger partial charge in [0.15, 0.2) is 12.2 Å². The van der Waals surface area contributed by atoms with Gasteiger partial charge >= 0.3 is 11.9 Å². The third kappa shape index (κ3) is 6.79. The maximum absolute atomic E-state index is 13.1. The highest BCUT2D eigenvalue weighted by atomic mass is 35.5. The number of likely N-dealkylation sites (tertiary alicyclic amines) is 1. The summed E-state index contributed by atoms with van der Waals surface area (Å²) in [4.78, 5) is 34.9. The summed E-state index contributed by atoms with van der Waals surface area (Å²) in [5.74, 6) is -3.39. The molecule has 0 amide bonds. The Morgan fingerprint density at radius 2 is 1.57 bits per heavy atom. The Hall–Kier alpha value is -3.15. The molecule has 0 radical (unpaired) electrons. The summed E-state index contributed by atoms with van der Waals surface area (Å²) < 4.78 is 5.84. The fourth-order valence-electron chi connectivity index (χ4n) is 3.91. The summed E-state index contributed by atoms with van der Waals surface area (Å²) in [5.41, 5.74) is 1.85. The maximum atomic E-state index is 13.1. The SMILES string of the molecule is O=C(O)C(O)C(O)C(=O)O.O=c1c(-c2ccc(Cl)cc2Cl)coc2c(CN3CCCCC3)c(O)ccc12. The zero-order chi connectivity index (χ0) is 27.3. The molecule has 2 unspecified atom stereocenters. The van der Waals surface area contributed by atoms with Gasteiger partial charge in [0.05, 0.1) is 21.5 Å². The maximum Gasteiger partial charge on any atom is 0.335 e. The lowest BCUT2D eigenvalue weighted by atomic mass is 10.0. The van der Waals surface area contributed by atoms with E-state index in [1.54, 1.807) is 30.3 Å². The molecule has 2 aromatic carbocycles. The van der Waals surface area contributed by atoms with Gasteiger partial charge in [0.1, 0.15) is 17.6 Å². The predicted octanol–water partition coefficient (Wildman–Crippen LogP) is 3.34. The molecule has 1 aliphatic rings. The number of hydrogen-bond donors (Lipinski definition) is 5. The minimum absolute atomic E-state index is 0.147. The number of phenolic OH excluding ortho intramolecular Hbond substituents is 1. The molecule has 198 valence electrons. The third-order valence-corrected chi connectivity index (χ3v) is 6.42. The third-order valence-electron chi connectivity index (χ3n) is 5.88. The van der Waals surface area contributed by atoms with Crippen molar-refractivity contribution in [1.82, 2.24) is 4.90 Å². The summed E-state index contributed by atoms with van der Waals surface area (Å²) >= 11 is 12.2. The van der Waals surface area contributed by atoms with Gasteiger partial charge in [-0.1, -0.05) is 35.7 Å². The molecule has 4 rings (SSSR count). The van der Waals surface area contributed by atoms with E-state index in [2.05, 4.69) is 4.90 Å². The van der Waals surface area contributed by atoms with Crippen LogP contribution in [0.1, 0.15) is 24.8 Å². The van der Waals surface area contributed by atoms with Crippen molar-refractivity contribution in [1.29, 1.82) is 0 Å². The smallest absolute Gasteiger partial charge is 0.335 e. The number of aliphatic carboxylic acids is 2. The number of aliphatic hydroxyl groups is 2.